The highest BCUT2D eigenvalue weighted by Crippen LogP contribution is 2.44. The Balaban J connectivity index is 1.64. The van der Waals surface area contributed by atoms with Crippen LogP contribution in [-0.2, 0) is 18.1 Å². The Bertz CT molecular complexity index is 1730. The van der Waals surface area contributed by atoms with Crippen LogP contribution >= 0.6 is 0 Å². The lowest BCUT2D eigenvalue weighted by Gasteiger charge is -2.19. The summed E-state index contributed by atoms with van der Waals surface area (Å²) < 4.78 is 24.4. The van der Waals surface area contributed by atoms with E-state index in [0.717, 1.165) is 16.7 Å². The molecule has 2 aromatic heterocycles. The minimum Gasteiger partial charge on any atom is -0.488 e. The van der Waals surface area contributed by atoms with E-state index in [1.165, 1.54) is 6.21 Å². The molecule has 1 N–H and O–H groups in total. The quantitative estimate of drug-likeness (QED) is 0.102. The average Bonchev–Trinajstić information content (AvgIpc) is 3.71. The van der Waals surface area contributed by atoms with Crippen molar-refractivity contribution >= 4 is 12.1 Å². The van der Waals surface area contributed by atoms with Crippen molar-refractivity contribution in [2.45, 2.75) is 46.8 Å². The fraction of sp³-hybridized carbons (Fsp3) is 0.257. The minimum atomic E-state index is -0.415. The molecule has 0 radical (unpaired) electrons. The first-order chi connectivity index (χ1) is 22.0. The topological polar surface area (TPSA) is 121 Å². The summed E-state index contributed by atoms with van der Waals surface area (Å²) in [6, 6.07) is 25.3. The molecule has 0 spiro atoms. The first-order valence-corrected chi connectivity index (χ1v) is 14.9. The zero-order chi connectivity index (χ0) is 31.6. The van der Waals surface area contributed by atoms with Gasteiger partial charge in [-0.2, -0.15) is 0 Å². The van der Waals surface area contributed by atoms with Gasteiger partial charge < -0.3 is 28.7 Å². The summed E-state index contributed by atoms with van der Waals surface area (Å²) in [5, 5.41) is 14.9. The van der Waals surface area contributed by atoms with E-state index in [2.05, 4.69) is 34.6 Å². The summed E-state index contributed by atoms with van der Waals surface area (Å²) in [7, 11) is 0. The van der Waals surface area contributed by atoms with E-state index in [1.807, 2.05) is 86.6 Å². The van der Waals surface area contributed by atoms with Crippen molar-refractivity contribution in [2.75, 3.05) is 13.2 Å². The molecule has 2 heterocycles. The number of oxime groups is 1. The van der Waals surface area contributed by atoms with Gasteiger partial charge in [-0.3, -0.25) is 4.79 Å². The van der Waals surface area contributed by atoms with Crippen molar-refractivity contribution in [3.8, 4) is 34.1 Å². The van der Waals surface area contributed by atoms with Gasteiger partial charge in [-0.15, -0.1) is 0 Å². The molecule has 0 bridgehead atoms. The smallest absolute Gasteiger partial charge is 0.274 e. The minimum absolute atomic E-state index is 0.0563. The maximum atomic E-state index is 13.2. The van der Waals surface area contributed by atoms with Gasteiger partial charge in [0, 0.05) is 18.7 Å². The number of ether oxygens (including phenoxy) is 2. The SMILES string of the molecule is CCNC(=O)c1noc(-c2cc(C(C)C)c(OCc3ccccc3)cc2OCc2ccccc2)c1-c1cc(/C=N/OCC)no1. The van der Waals surface area contributed by atoms with Crippen LogP contribution in [0.4, 0.5) is 0 Å². The van der Waals surface area contributed by atoms with E-state index < -0.39 is 5.91 Å². The summed E-state index contributed by atoms with van der Waals surface area (Å²) in [5.74, 6) is 1.40. The Hall–Kier alpha value is -5.38. The molecule has 0 aliphatic heterocycles. The molecule has 5 rings (SSSR count). The van der Waals surface area contributed by atoms with Gasteiger partial charge in [-0.1, -0.05) is 90.0 Å². The molecule has 10 nitrogen and oxygen atoms in total. The fourth-order valence-electron chi connectivity index (χ4n) is 4.66. The molecule has 0 saturated heterocycles. The number of aromatic nitrogens is 2. The third-order valence-corrected chi connectivity index (χ3v) is 6.86. The molecule has 232 valence electrons. The molecule has 0 unspecified atom stereocenters. The van der Waals surface area contributed by atoms with E-state index in [1.54, 1.807) is 6.07 Å². The number of amides is 1. The molecule has 5 aromatic rings. The first-order valence-electron chi connectivity index (χ1n) is 14.9. The highest BCUT2D eigenvalue weighted by molar-refractivity contribution is 6.02. The standard InChI is InChI=1S/C35H36N4O6/c1-5-36-35(40)33-32(31-17-26(38-44-31)20-37-43-6-2)34(45-39-33)28-18-27(23(3)4)29(41-21-24-13-9-7-10-14-24)19-30(28)42-22-25-15-11-8-12-16-25/h7-20,23H,5-6,21-22H2,1-4H3,(H,36,40)/b37-20+. The van der Waals surface area contributed by atoms with Crippen molar-refractivity contribution in [1.29, 1.82) is 0 Å². The van der Waals surface area contributed by atoms with Crippen LogP contribution < -0.4 is 14.8 Å². The van der Waals surface area contributed by atoms with Gasteiger partial charge in [0.05, 0.1) is 11.8 Å². The molecule has 0 fully saturated rings. The summed E-state index contributed by atoms with van der Waals surface area (Å²) in [5.41, 5.74) is 4.33. The van der Waals surface area contributed by atoms with Crippen LogP contribution in [0, 0.1) is 0 Å². The van der Waals surface area contributed by atoms with Gasteiger partial charge in [0.25, 0.3) is 5.91 Å². The van der Waals surface area contributed by atoms with Crippen molar-refractivity contribution < 1.29 is 28.2 Å². The molecule has 0 atom stereocenters. The Labute approximate surface area is 262 Å². The molecule has 0 aliphatic carbocycles. The van der Waals surface area contributed by atoms with Crippen LogP contribution in [0.1, 0.15) is 66.5 Å². The van der Waals surface area contributed by atoms with Gasteiger partial charge in [-0.05, 0) is 42.5 Å². The van der Waals surface area contributed by atoms with Crippen LogP contribution in [0.5, 0.6) is 11.5 Å². The second-order valence-electron chi connectivity index (χ2n) is 10.5. The third kappa shape index (κ3) is 7.59. The largest absolute Gasteiger partial charge is 0.488 e. The van der Waals surface area contributed by atoms with Crippen LogP contribution in [0.15, 0.2) is 93.1 Å². The lowest BCUT2D eigenvalue weighted by atomic mass is 9.95. The summed E-state index contributed by atoms with van der Waals surface area (Å²) in [6.45, 7) is 9.31. The monoisotopic (exact) mass is 608 g/mol. The van der Waals surface area contributed by atoms with Crippen molar-refractivity contribution in [1.82, 2.24) is 15.6 Å². The second kappa shape index (κ2) is 14.9. The molecule has 0 saturated carbocycles. The molecule has 45 heavy (non-hydrogen) atoms. The van der Waals surface area contributed by atoms with Gasteiger partial charge in [-0.25, -0.2) is 0 Å². The van der Waals surface area contributed by atoms with Crippen LogP contribution in [0.25, 0.3) is 22.6 Å². The molecule has 1 amide bonds. The van der Waals surface area contributed by atoms with Crippen molar-refractivity contribution in [2.24, 2.45) is 5.16 Å². The number of nitrogens with zero attached hydrogens (tertiary/aromatic N) is 3. The zero-order valence-electron chi connectivity index (χ0n) is 25.8. The lowest BCUT2D eigenvalue weighted by Crippen LogP contribution is -2.23. The van der Waals surface area contributed by atoms with Crippen molar-refractivity contribution in [3.63, 3.8) is 0 Å². The highest BCUT2D eigenvalue weighted by Gasteiger charge is 2.30. The highest BCUT2D eigenvalue weighted by atomic mass is 16.6. The Morgan fingerprint density at radius 3 is 2.18 bits per heavy atom. The number of rotatable bonds is 14. The van der Waals surface area contributed by atoms with E-state index in [9.17, 15) is 4.79 Å². The Morgan fingerprint density at radius 1 is 0.889 bits per heavy atom. The average molecular weight is 609 g/mol. The summed E-state index contributed by atoms with van der Waals surface area (Å²) in [6.07, 6.45) is 1.43. The first kappa shape index (κ1) is 31.1. The van der Waals surface area contributed by atoms with E-state index in [4.69, 9.17) is 23.4 Å². The number of carbonyl (C=O) groups excluding carboxylic acids is 1. The van der Waals surface area contributed by atoms with E-state index in [-0.39, 0.29) is 17.4 Å². The summed E-state index contributed by atoms with van der Waals surface area (Å²) in [4.78, 5) is 18.2. The lowest BCUT2D eigenvalue weighted by molar-refractivity contribution is 0.0947. The predicted molar refractivity (Wildman–Crippen MR) is 170 cm³/mol. The van der Waals surface area contributed by atoms with Gasteiger partial charge in [0.2, 0.25) is 0 Å². The molecular weight excluding hydrogens is 572 g/mol. The number of benzene rings is 3. The number of carbonyl (C=O) groups is 1. The number of hydrogen-bond donors (Lipinski definition) is 1. The van der Waals surface area contributed by atoms with E-state index in [0.29, 0.717) is 60.4 Å². The van der Waals surface area contributed by atoms with Crippen LogP contribution in [0.2, 0.25) is 0 Å². The maximum Gasteiger partial charge on any atom is 0.274 e. The van der Waals surface area contributed by atoms with Gasteiger partial charge >= 0.3 is 0 Å². The molecule has 0 aliphatic rings. The number of hydrogen-bond acceptors (Lipinski definition) is 9. The number of nitrogens with one attached hydrogen (secondary N) is 1. The maximum absolute atomic E-state index is 13.2. The molecule has 3 aromatic carbocycles. The van der Waals surface area contributed by atoms with Gasteiger partial charge in [0.15, 0.2) is 17.2 Å². The second-order valence-corrected chi connectivity index (χ2v) is 10.5. The normalized spacial score (nSPS) is 11.2. The zero-order valence-corrected chi connectivity index (χ0v) is 25.8. The van der Waals surface area contributed by atoms with Gasteiger partial charge in [0.1, 0.15) is 42.6 Å². The van der Waals surface area contributed by atoms with Crippen LogP contribution in [-0.4, -0.2) is 35.6 Å². The molecule has 10 heteroatoms. The van der Waals surface area contributed by atoms with E-state index >= 15 is 0 Å². The predicted octanol–water partition coefficient (Wildman–Crippen LogP) is 7.40. The molecular formula is C35H36N4O6. The van der Waals surface area contributed by atoms with Crippen LogP contribution in [0.3, 0.4) is 0 Å². The summed E-state index contributed by atoms with van der Waals surface area (Å²) >= 11 is 0. The third-order valence-electron chi connectivity index (χ3n) is 6.86. The Morgan fingerprint density at radius 2 is 1.56 bits per heavy atom. The van der Waals surface area contributed by atoms with Crippen molar-refractivity contribution in [3.05, 3.63) is 107 Å². The fourth-order valence-corrected chi connectivity index (χ4v) is 4.66. The Kier molecular flexibility index (Phi) is 10.3.